The van der Waals surface area contributed by atoms with Crippen LogP contribution in [0.1, 0.15) is 19.3 Å². The van der Waals surface area contributed by atoms with E-state index in [4.69, 9.17) is 5.11 Å². The predicted molar refractivity (Wildman–Crippen MR) is 61.8 cm³/mol. The summed E-state index contributed by atoms with van der Waals surface area (Å²) < 4.78 is 0. The molecule has 0 spiro atoms. The van der Waals surface area contributed by atoms with Gasteiger partial charge >= 0.3 is 5.97 Å². The summed E-state index contributed by atoms with van der Waals surface area (Å²) in [4.78, 5) is 19.2. The molecule has 1 fully saturated rings. The van der Waals surface area contributed by atoms with Crippen molar-refractivity contribution in [3.63, 3.8) is 0 Å². The fraction of sp³-hybridized carbons (Fsp3) is 0.818. The molecular formula is C11H19N3O2. The van der Waals surface area contributed by atoms with Crippen molar-refractivity contribution in [2.45, 2.75) is 25.4 Å². The fourth-order valence-corrected chi connectivity index (χ4v) is 2.38. The van der Waals surface area contributed by atoms with E-state index in [-0.39, 0.29) is 0 Å². The zero-order valence-electron chi connectivity index (χ0n) is 9.51. The number of likely N-dealkylation sites (tertiary alicyclic amines) is 1. The van der Waals surface area contributed by atoms with E-state index in [2.05, 4.69) is 9.89 Å². The summed E-state index contributed by atoms with van der Waals surface area (Å²) >= 11 is 0. The summed E-state index contributed by atoms with van der Waals surface area (Å²) in [6.45, 7) is 5.00. The van der Waals surface area contributed by atoms with Crippen LogP contribution in [0.25, 0.3) is 0 Å². The molecule has 5 heteroatoms. The molecule has 0 radical (unpaired) electrons. The molecule has 2 heterocycles. The van der Waals surface area contributed by atoms with E-state index in [9.17, 15) is 4.79 Å². The Balaban J connectivity index is 1.67. The maximum absolute atomic E-state index is 10.9. The van der Waals surface area contributed by atoms with Crippen molar-refractivity contribution in [2.24, 2.45) is 4.99 Å². The number of carboxylic acids is 1. The zero-order chi connectivity index (χ0) is 11.4. The Morgan fingerprint density at radius 1 is 1.38 bits per heavy atom. The van der Waals surface area contributed by atoms with E-state index in [1.807, 2.05) is 4.90 Å². The van der Waals surface area contributed by atoms with E-state index < -0.39 is 12.1 Å². The molecule has 2 aliphatic heterocycles. The summed E-state index contributed by atoms with van der Waals surface area (Å²) in [5.41, 5.74) is 0. The highest BCUT2D eigenvalue weighted by Crippen LogP contribution is 2.10. The first kappa shape index (κ1) is 11.5. The van der Waals surface area contributed by atoms with Crippen LogP contribution in [0.4, 0.5) is 0 Å². The maximum Gasteiger partial charge on any atom is 0.343 e. The van der Waals surface area contributed by atoms with Crippen molar-refractivity contribution < 1.29 is 9.90 Å². The van der Waals surface area contributed by atoms with Crippen molar-refractivity contribution in [1.82, 2.24) is 9.80 Å². The largest absolute Gasteiger partial charge is 0.479 e. The van der Waals surface area contributed by atoms with Gasteiger partial charge in [0.2, 0.25) is 6.17 Å². The van der Waals surface area contributed by atoms with E-state index >= 15 is 0 Å². The number of nitrogens with zero attached hydrogens (tertiary/aromatic N) is 3. The maximum atomic E-state index is 10.9. The molecule has 0 aromatic carbocycles. The Kier molecular flexibility index (Phi) is 3.90. The molecule has 0 amide bonds. The summed E-state index contributed by atoms with van der Waals surface area (Å²) in [7, 11) is 0. The second-order valence-electron chi connectivity index (χ2n) is 4.44. The van der Waals surface area contributed by atoms with Gasteiger partial charge in [-0.25, -0.2) is 4.79 Å². The first-order chi connectivity index (χ1) is 7.77. The Morgan fingerprint density at radius 3 is 2.81 bits per heavy atom. The number of hydrogen-bond acceptors (Lipinski definition) is 4. The molecule has 0 bridgehead atoms. The lowest BCUT2D eigenvalue weighted by Gasteiger charge is -2.21. The monoisotopic (exact) mass is 225 g/mol. The van der Waals surface area contributed by atoms with E-state index in [0.29, 0.717) is 6.54 Å². The van der Waals surface area contributed by atoms with Crippen LogP contribution in [0.3, 0.4) is 0 Å². The van der Waals surface area contributed by atoms with Crippen LogP contribution >= 0.6 is 0 Å². The van der Waals surface area contributed by atoms with E-state index in [1.54, 1.807) is 6.21 Å². The Labute approximate surface area is 95.7 Å². The Bertz CT molecular complexity index is 274. The molecule has 2 aliphatic rings. The van der Waals surface area contributed by atoms with Crippen LogP contribution in [0.15, 0.2) is 4.99 Å². The number of aliphatic imine (C=N–C) groups is 1. The molecule has 1 atom stereocenters. The van der Waals surface area contributed by atoms with Crippen molar-refractivity contribution in [2.75, 3.05) is 32.7 Å². The number of carbonyl (C=O) groups is 1. The standard InChI is InChI=1S/C11H19N3O2/c15-11(16)10-12-4-9-14(10)8-3-7-13-5-1-2-6-13/h4,10H,1-3,5-9H2,(H,15,16). The summed E-state index contributed by atoms with van der Waals surface area (Å²) in [6, 6.07) is 0. The molecule has 16 heavy (non-hydrogen) atoms. The Morgan fingerprint density at radius 2 is 2.12 bits per heavy atom. The van der Waals surface area contributed by atoms with Crippen molar-refractivity contribution in [3.8, 4) is 0 Å². The van der Waals surface area contributed by atoms with Crippen LogP contribution < -0.4 is 0 Å². The lowest BCUT2D eigenvalue weighted by molar-refractivity contribution is -0.142. The smallest absolute Gasteiger partial charge is 0.343 e. The van der Waals surface area contributed by atoms with Gasteiger partial charge in [-0.15, -0.1) is 0 Å². The van der Waals surface area contributed by atoms with Gasteiger partial charge in [0, 0.05) is 19.3 Å². The average molecular weight is 225 g/mol. The first-order valence-corrected chi connectivity index (χ1v) is 5.98. The van der Waals surface area contributed by atoms with Gasteiger partial charge in [-0.05, 0) is 38.9 Å². The van der Waals surface area contributed by atoms with Crippen LogP contribution in [-0.2, 0) is 4.79 Å². The molecule has 2 rings (SSSR count). The van der Waals surface area contributed by atoms with E-state index in [0.717, 1.165) is 19.5 Å². The molecule has 1 N–H and O–H groups in total. The van der Waals surface area contributed by atoms with Gasteiger partial charge in [-0.3, -0.25) is 9.89 Å². The molecule has 90 valence electrons. The van der Waals surface area contributed by atoms with Crippen LogP contribution in [0.2, 0.25) is 0 Å². The minimum absolute atomic E-state index is 0.640. The molecule has 0 aromatic rings. The molecule has 0 aromatic heterocycles. The van der Waals surface area contributed by atoms with Crippen LogP contribution in [0.5, 0.6) is 0 Å². The summed E-state index contributed by atoms with van der Waals surface area (Å²) in [6.07, 6.45) is 4.72. The van der Waals surface area contributed by atoms with E-state index in [1.165, 1.54) is 25.9 Å². The third-order valence-electron chi connectivity index (χ3n) is 3.25. The molecule has 1 unspecified atom stereocenters. The lowest BCUT2D eigenvalue weighted by Crippen LogP contribution is -2.38. The molecule has 0 saturated carbocycles. The molecule has 0 aliphatic carbocycles. The lowest BCUT2D eigenvalue weighted by atomic mass is 10.3. The van der Waals surface area contributed by atoms with Gasteiger partial charge in [0.15, 0.2) is 0 Å². The second kappa shape index (κ2) is 5.41. The summed E-state index contributed by atoms with van der Waals surface area (Å²) in [5, 5.41) is 8.93. The van der Waals surface area contributed by atoms with Crippen molar-refractivity contribution >= 4 is 12.2 Å². The number of rotatable bonds is 5. The van der Waals surface area contributed by atoms with Gasteiger partial charge in [0.05, 0.1) is 0 Å². The van der Waals surface area contributed by atoms with Crippen LogP contribution in [0, 0.1) is 0 Å². The summed E-state index contributed by atoms with van der Waals surface area (Å²) in [5.74, 6) is -0.838. The van der Waals surface area contributed by atoms with Gasteiger partial charge in [-0.1, -0.05) is 0 Å². The number of carboxylic acid groups (broad SMARTS) is 1. The van der Waals surface area contributed by atoms with Crippen molar-refractivity contribution in [3.05, 3.63) is 0 Å². The minimum Gasteiger partial charge on any atom is -0.479 e. The Hall–Kier alpha value is -0.940. The highest BCUT2D eigenvalue weighted by molar-refractivity contribution is 5.78. The SMILES string of the molecule is O=C(O)C1N=CCN1CCCN1CCCC1. The van der Waals surface area contributed by atoms with Gasteiger partial charge in [-0.2, -0.15) is 0 Å². The number of aliphatic carboxylic acids is 1. The zero-order valence-corrected chi connectivity index (χ0v) is 9.51. The first-order valence-electron chi connectivity index (χ1n) is 5.98. The van der Waals surface area contributed by atoms with Crippen LogP contribution in [-0.4, -0.2) is 66.0 Å². The highest BCUT2D eigenvalue weighted by atomic mass is 16.4. The highest BCUT2D eigenvalue weighted by Gasteiger charge is 2.27. The molecule has 1 saturated heterocycles. The second-order valence-corrected chi connectivity index (χ2v) is 4.44. The predicted octanol–water partition coefficient (Wildman–Crippen LogP) is 0.269. The normalized spacial score (nSPS) is 26.6. The van der Waals surface area contributed by atoms with Gasteiger partial charge < -0.3 is 10.0 Å². The molecular weight excluding hydrogens is 206 g/mol. The van der Waals surface area contributed by atoms with Gasteiger partial charge in [0.1, 0.15) is 0 Å². The quantitative estimate of drug-likeness (QED) is 0.729. The third kappa shape index (κ3) is 2.80. The number of hydrogen-bond donors (Lipinski definition) is 1. The van der Waals surface area contributed by atoms with Gasteiger partial charge in [0.25, 0.3) is 0 Å². The third-order valence-corrected chi connectivity index (χ3v) is 3.25. The topological polar surface area (TPSA) is 56.1 Å². The fourth-order valence-electron chi connectivity index (χ4n) is 2.38. The molecule has 5 nitrogen and oxygen atoms in total. The van der Waals surface area contributed by atoms with Crippen molar-refractivity contribution in [1.29, 1.82) is 0 Å². The average Bonchev–Trinajstić information content (AvgIpc) is 2.87. The minimum atomic E-state index is -0.838.